The van der Waals surface area contributed by atoms with Gasteiger partial charge in [0, 0.05) is 32.9 Å². The summed E-state index contributed by atoms with van der Waals surface area (Å²) in [5, 5.41) is 11.1. The van der Waals surface area contributed by atoms with Crippen LogP contribution < -0.4 is 10.6 Å². The SMILES string of the molecule is CN=C(NCCc1cnn(C)c1)NC1CCCCC1.I. The van der Waals surface area contributed by atoms with Gasteiger partial charge in [-0.1, -0.05) is 19.3 Å². The second-order valence-electron chi connectivity index (χ2n) is 5.25. The second kappa shape index (κ2) is 9.20. The number of hydrogen-bond acceptors (Lipinski definition) is 2. The molecule has 1 fully saturated rings. The monoisotopic (exact) mass is 391 g/mol. The van der Waals surface area contributed by atoms with Gasteiger partial charge in [-0.3, -0.25) is 9.67 Å². The molecule has 0 atom stereocenters. The molecule has 1 aliphatic carbocycles. The molecule has 0 spiro atoms. The molecule has 0 saturated heterocycles. The van der Waals surface area contributed by atoms with E-state index in [9.17, 15) is 0 Å². The molecular weight excluding hydrogens is 365 g/mol. The van der Waals surface area contributed by atoms with E-state index in [4.69, 9.17) is 0 Å². The van der Waals surface area contributed by atoms with Gasteiger partial charge in [0.1, 0.15) is 0 Å². The molecule has 1 heterocycles. The Kier molecular flexibility index (Phi) is 7.94. The maximum Gasteiger partial charge on any atom is 0.191 e. The fourth-order valence-corrected chi connectivity index (χ4v) is 2.56. The van der Waals surface area contributed by atoms with E-state index in [1.807, 2.05) is 25.0 Å². The van der Waals surface area contributed by atoms with Gasteiger partial charge in [0.25, 0.3) is 0 Å². The van der Waals surface area contributed by atoms with Crippen LogP contribution in [-0.4, -0.2) is 35.4 Å². The highest BCUT2D eigenvalue weighted by Gasteiger charge is 2.14. The van der Waals surface area contributed by atoms with Crippen LogP contribution in [-0.2, 0) is 13.5 Å². The molecule has 0 bridgehead atoms. The molecule has 1 saturated carbocycles. The lowest BCUT2D eigenvalue weighted by atomic mass is 9.96. The van der Waals surface area contributed by atoms with Crippen molar-refractivity contribution in [3.05, 3.63) is 18.0 Å². The first-order valence-corrected chi connectivity index (χ1v) is 7.22. The summed E-state index contributed by atoms with van der Waals surface area (Å²) in [4.78, 5) is 4.29. The first kappa shape index (κ1) is 17.3. The van der Waals surface area contributed by atoms with Crippen LogP contribution in [0.3, 0.4) is 0 Å². The first-order chi connectivity index (χ1) is 9.28. The van der Waals surface area contributed by atoms with Crippen LogP contribution in [0, 0.1) is 0 Å². The fraction of sp³-hybridized carbons (Fsp3) is 0.714. The lowest BCUT2D eigenvalue weighted by Crippen LogP contribution is -2.44. The number of halogens is 1. The van der Waals surface area contributed by atoms with E-state index in [0.29, 0.717) is 6.04 Å². The summed E-state index contributed by atoms with van der Waals surface area (Å²) < 4.78 is 1.84. The van der Waals surface area contributed by atoms with Gasteiger partial charge in [-0.15, -0.1) is 24.0 Å². The van der Waals surface area contributed by atoms with Gasteiger partial charge < -0.3 is 10.6 Å². The van der Waals surface area contributed by atoms with Gasteiger partial charge in [-0.2, -0.15) is 5.10 Å². The van der Waals surface area contributed by atoms with Crippen molar-refractivity contribution in [2.75, 3.05) is 13.6 Å². The molecule has 2 rings (SSSR count). The number of guanidine groups is 1. The van der Waals surface area contributed by atoms with Crippen LogP contribution >= 0.6 is 24.0 Å². The maximum atomic E-state index is 4.29. The van der Waals surface area contributed by atoms with Crippen molar-refractivity contribution in [2.45, 2.75) is 44.6 Å². The van der Waals surface area contributed by atoms with Crippen molar-refractivity contribution < 1.29 is 0 Å². The Morgan fingerprint density at radius 1 is 1.40 bits per heavy atom. The summed E-state index contributed by atoms with van der Waals surface area (Å²) in [6.45, 7) is 0.887. The number of aliphatic imine (C=N–C) groups is 1. The zero-order chi connectivity index (χ0) is 13.5. The third kappa shape index (κ3) is 5.68. The predicted molar refractivity (Wildman–Crippen MR) is 93.7 cm³/mol. The summed E-state index contributed by atoms with van der Waals surface area (Å²) in [6, 6.07) is 0.596. The lowest BCUT2D eigenvalue weighted by molar-refractivity contribution is 0.410. The molecule has 114 valence electrons. The molecule has 2 N–H and O–H groups in total. The van der Waals surface area contributed by atoms with Gasteiger partial charge in [-0.05, 0) is 24.8 Å². The fourth-order valence-electron chi connectivity index (χ4n) is 2.56. The highest BCUT2D eigenvalue weighted by atomic mass is 127. The van der Waals surface area contributed by atoms with Crippen LogP contribution in [0.5, 0.6) is 0 Å². The molecule has 0 radical (unpaired) electrons. The third-order valence-corrected chi connectivity index (χ3v) is 3.63. The smallest absolute Gasteiger partial charge is 0.191 e. The molecule has 5 nitrogen and oxygen atoms in total. The average Bonchev–Trinajstić information content (AvgIpc) is 2.84. The van der Waals surface area contributed by atoms with Crippen LogP contribution in [0.2, 0.25) is 0 Å². The van der Waals surface area contributed by atoms with Crippen LogP contribution in [0.1, 0.15) is 37.7 Å². The number of aryl methyl sites for hydroxylation is 1. The van der Waals surface area contributed by atoms with Crippen molar-refractivity contribution in [3.8, 4) is 0 Å². The van der Waals surface area contributed by atoms with E-state index in [1.165, 1.54) is 37.7 Å². The quantitative estimate of drug-likeness (QED) is 0.470. The Balaban J connectivity index is 0.00000200. The number of nitrogens with one attached hydrogen (secondary N) is 2. The van der Waals surface area contributed by atoms with E-state index < -0.39 is 0 Å². The van der Waals surface area contributed by atoms with E-state index in [1.54, 1.807) is 0 Å². The molecule has 0 unspecified atom stereocenters. The number of aromatic nitrogens is 2. The Morgan fingerprint density at radius 3 is 2.75 bits per heavy atom. The Labute approximate surface area is 138 Å². The minimum Gasteiger partial charge on any atom is -0.356 e. The van der Waals surface area contributed by atoms with E-state index in [-0.39, 0.29) is 24.0 Å². The molecule has 1 aromatic rings. The topological polar surface area (TPSA) is 54.2 Å². The van der Waals surface area contributed by atoms with E-state index in [0.717, 1.165) is 18.9 Å². The largest absolute Gasteiger partial charge is 0.356 e. The summed E-state index contributed by atoms with van der Waals surface area (Å²) in [5.74, 6) is 0.927. The molecule has 0 aromatic carbocycles. The maximum absolute atomic E-state index is 4.29. The first-order valence-electron chi connectivity index (χ1n) is 7.22. The Hall–Kier alpha value is -0.790. The molecule has 1 aliphatic rings. The normalized spacial score (nSPS) is 16.6. The van der Waals surface area contributed by atoms with Crippen molar-refractivity contribution in [3.63, 3.8) is 0 Å². The van der Waals surface area contributed by atoms with Crippen LogP contribution in [0.15, 0.2) is 17.4 Å². The predicted octanol–water partition coefficient (Wildman–Crippen LogP) is 2.08. The highest BCUT2D eigenvalue weighted by molar-refractivity contribution is 14.0. The highest BCUT2D eigenvalue weighted by Crippen LogP contribution is 2.17. The molecule has 6 heteroatoms. The van der Waals surface area contributed by atoms with Gasteiger partial charge >= 0.3 is 0 Å². The van der Waals surface area contributed by atoms with Gasteiger partial charge in [0.2, 0.25) is 0 Å². The lowest BCUT2D eigenvalue weighted by Gasteiger charge is -2.24. The average molecular weight is 391 g/mol. The van der Waals surface area contributed by atoms with Crippen molar-refractivity contribution in [2.24, 2.45) is 12.0 Å². The molecule has 1 aromatic heterocycles. The Morgan fingerprint density at radius 2 is 2.15 bits per heavy atom. The summed E-state index contributed by atoms with van der Waals surface area (Å²) in [6.07, 6.45) is 11.5. The second-order valence-corrected chi connectivity index (χ2v) is 5.25. The van der Waals surface area contributed by atoms with Crippen LogP contribution in [0.4, 0.5) is 0 Å². The zero-order valence-corrected chi connectivity index (χ0v) is 14.8. The standard InChI is InChI=1S/C14H25N5.HI/c1-15-14(18-13-6-4-3-5-7-13)16-9-8-12-10-17-19(2)11-12;/h10-11,13H,3-9H2,1-2H3,(H2,15,16,18);1H. The van der Waals surface area contributed by atoms with Crippen molar-refractivity contribution >= 4 is 29.9 Å². The van der Waals surface area contributed by atoms with E-state index >= 15 is 0 Å². The van der Waals surface area contributed by atoms with E-state index in [2.05, 4.69) is 26.9 Å². The minimum absolute atomic E-state index is 0. The van der Waals surface area contributed by atoms with Gasteiger partial charge in [0.15, 0.2) is 5.96 Å². The minimum atomic E-state index is 0. The summed E-state index contributed by atoms with van der Waals surface area (Å²) >= 11 is 0. The molecule has 0 aliphatic heterocycles. The van der Waals surface area contributed by atoms with Crippen LogP contribution in [0.25, 0.3) is 0 Å². The van der Waals surface area contributed by atoms with Gasteiger partial charge in [0.05, 0.1) is 6.20 Å². The summed E-state index contributed by atoms with van der Waals surface area (Å²) in [5.41, 5.74) is 1.25. The molecule has 20 heavy (non-hydrogen) atoms. The zero-order valence-electron chi connectivity index (χ0n) is 12.4. The van der Waals surface area contributed by atoms with Crippen molar-refractivity contribution in [1.82, 2.24) is 20.4 Å². The third-order valence-electron chi connectivity index (χ3n) is 3.63. The Bertz CT molecular complexity index is 409. The van der Waals surface area contributed by atoms with Gasteiger partial charge in [-0.25, -0.2) is 0 Å². The molecular formula is C14H26IN5. The summed E-state index contributed by atoms with van der Waals surface area (Å²) in [7, 11) is 3.78. The number of rotatable bonds is 4. The molecule has 0 amide bonds. The number of hydrogen-bond donors (Lipinski definition) is 2. The van der Waals surface area contributed by atoms with Crippen molar-refractivity contribution in [1.29, 1.82) is 0 Å². The number of nitrogens with zero attached hydrogens (tertiary/aromatic N) is 3.